The van der Waals surface area contributed by atoms with Crippen LogP contribution in [0.4, 0.5) is 5.82 Å². The number of nitrogens with zero attached hydrogens (tertiary/aromatic N) is 2. The normalized spacial score (nSPS) is 16.4. The molecule has 3 rings (SSSR count). The number of rotatable bonds is 5. The maximum absolute atomic E-state index is 5.88. The van der Waals surface area contributed by atoms with E-state index in [-0.39, 0.29) is 0 Å². The summed E-state index contributed by atoms with van der Waals surface area (Å²) in [5, 5.41) is 3.28. The van der Waals surface area contributed by atoms with Crippen molar-refractivity contribution in [2.45, 2.75) is 38.2 Å². The second kappa shape index (κ2) is 6.66. The van der Waals surface area contributed by atoms with Crippen molar-refractivity contribution in [2.24, 2.45) is 0 Å². The molecule has 0 radical (unpaired) electrons. The van der Waals surface area contributed by atoms with Gasteiger partial charge in [-0.15, -0.1) is 0 Å². The molecule has 0 bridgehead atoms. The molecule has 1 aliphatic rings. The highest BCUT2D eigenvalue weighted by Gasteiger charge is 2.12. The molecule has 1 saturated carbocycles. The van der Waals surface area contributed by atoms with E-state index in [1.165, 1.54) is 32.1 Å². The molecule has 4 nitrogen and oxygen atoms in total. The van der Waals surface area contributed by atoms with Gasteiger partial charge in [0.1, 0.15) is 5.82 Å². The largest absolute Gasteiger partial charge is 0.376 e. The lowest BCUT2D eigenvalue weighted by Gasteiger charge is -2.22. The van der Waals surface area contributed by atoms with Crippen LogP contribution in [0.3, 0.4) is 0 Å². The first kappa shape index (κ1) is 13.3. The minimum atomic E-state index is 0.466. The molecule has 0 saturated heterocycles. The predicted octanol–water partition coefficient (Wildman–Crippen LogP) is 3.39. The molecule has 1 aromatic heterocycles. The van der Waals surface area contributed by atoms with Gasteiger partial charge in [-0.3, -0.25) is 4.98 Å². The maximum Gasteiger partial charge on any atom is 0.145 e. The summed E-state index contributed by atoms with van der Waals surface area (Å²) in [4.78, 5) is 8.91. The molecule has 1 aromatic carbocycles. The quantitative estimate of drug-likeness (QED) is 0.847. The van der Waals surface area contributed by atoms with E-state index >= 15 is 0 Å². The van der Waals surface area contributed by atoms with Crippen LogP contribution in [-0.2, 0) is 4.74 Å². The van der Waals surface area contributed by atoms with Crippen molar-refractivity contribution in [2.75, 3.05) is 18.5 Å². The van der Waals surface area contributed by atoms with Crippen LogP contribution in [0, 0.1) is 0 Å². The van der Waals surface area contributed by atoms with Crippen LogP contribution in [0.2, 0.25) is 0 Å². The van der Waals surface area contributed by atoms with Gasteiger partial charge in [0.25, 0.3) is 0 Å². The Balaban J connectivity index is 1.47. The van der Waals surface area contributed by atoms with E-state index < -0.39 is 0 Å². The van der Waals surface area contributed by atoms with Crippen LogP contribution in [0.15, 0.2) is 30.5 Å². The first-order chi connectivity index (χ1) is 9.92. The molecule has 1 aliphatic carbocycles. The summed E-state index contributed by atoms with van der Waals surface area (Å²) in [5.41, 5.74) is 1.85. The lowest BCUT2D eigenvalue weighted by molar-refractivity contribution is 0.0347. The zero-order valence-electron chi connectivity index (χ0n) is 11.7. The minimum Gasteiger partial charge on any atom is -0.376 e. The second-order valence-electron chi connectivity index (χ2n) is 5.30. The van der Waals surface area contributed by atoms with Gasteiger partial charge in [-0.2, -0.15) is 0 Å². The van der Waals surface area contributed by atoms with E-state index in [4.69, 9.17) is 4.74 Å². The van der Waals surface area contributed by atoms with Crippen LogP contribution in [0.1, 0.15) is 32.1 Å². The van der Waals surface area contributed by atoms with Crippen molar-refractivity contribution < 1.29 is 4.74 Å². The monoisotopic (exact) mass is 271 g/mol. The smallest absolute Gasteiger partial charge is 0.145 e. The van der Waals surface area contributed by atoms with Crippen molar-refractivity contribution in [3.05, 3.63) is 30.5 Å². The lowest BCUT2D eigenvalue weighted by atomic mass is 9.98. The van der Waals surface area contributed by atoms with Gasteiger partial charge in [0, 0.05) is 6.54 Å². The third-order valence-corrected chi connectivity index (χ3v) is 3.76. The molecular formula is C16H21N3O. The summed E-state index contributed by atoms with van der Waals surface area (Å²) < 4.78 is 5.88. The van der Waals surface area contributed by atoms with Crippen molar-refractivity contribution in [1.29, 1.82) is 0 Å². The van der Waals surface area contributed by atoms with E-state index in [2.05, 4.69) is 15.3 Å². The van der Waals surface area contributed by atoms with Crippen LogP contribution in [0.5, 0.6) is 0 Å². The number of ether oxygens (including phenoxy) is 1. The Kier molecular flexibility index (Phi) is 4.43. The highest BCUT2D eigenvalue weighted by atomic mass is 16.5. The molecule has 0 unspecified atom stereocenters. The van der Waals surface area contributed by atoms with Crippen molar-refractivity contribution in [3.8, 4) is 0 Å². The van der Waals surface area contributed by atoms with E-state index in [0.717, 1.165) is 30.0 Å². The highest BCUT2D eigenvalue weighted by Crippen LogP contribution is 2.20. The Hall–Kier alpha value is -1.68. The SMILES string of the molecule is c1ccc2nc(NCCOC3CCCCC3)cnc2c1. The minimum absolute atomic E-state index is 0.466. The molecular weight excluding hydrogens is 250 g/mol. The number of nitrogens with one attached hydrogen (secondary N) is 1. The van der Waals surface area contributed by atoms with Gasteiger partial charge >= 0.3 is 0 Å². The molecule has 0 aliphatic heterocycles. The summed E-state index contributed by atoms with van der Waals surface area (Å²) in [6.45, 7) is 1.52. The molecule has 1 N–H and O–H groups in total. The van der Waals surface area contributed by atoms with Gasteiger partial charge in [0.15, 0.2) is 0 Å². The summed E-state index contributed by atoms with van der Waals surface area (Å²) in [5.74, 6) is 0.816. The van der Waals surface area contributed by atoms with Crippen molar-refractivity contribution in [3.63, 3.8) is 0 Å². The van der Waals surface area contributed by atoms with E-state index in [1.807, 2.05) is 24.3 Å². The van der Waals surface area contributed by atoms with Crippen LogP contribution in [0.25, 0.3) is 11.0 Å². The van der Waals surface area contributed by atoms with Gasteiger partial charge in [-0.05, 0) is 25.0 Å². The van der Waals surface area contributed by atoms with Crippen LogP contribution in [-0.4, -0.2) is 29.2 Å². The molecule has 106 valence electrons. The van der Waals surface area contributed by atoms with E-state index in [1.54, 1.807) is 6.20 Å². The van der Waals surface area contributed by atoms with Crippen molar-refractivity contribution >= 4 is 16.9 Å². The molecule has 0 atom stereocenters. The summed E-state index contributed by atoms with van der Waals surface area (Å²) in [6, 6.07) is 7.90. The number of hydrogen-bond acceptors (Lipinski definition) is 4. The van der Waals surface area contributed by atoms with Gasteiger partial charge in [-0.1, -0.05) is 31.4 Å². The summed E-state index contributed by atoms with van der Waals surface area (Å²) >= 11 is 0. The molecule has 2 aromatic rings. The first-order valence-corrected chi connectivity index (χ1v) is 7.49. The zero-order valence-corrected chi connectivity index (χ0v) is 11.7. The lowest BCUT2D eigenvalue weighted by Crippen LogP contribution is -2.20. The van der Waals surface area contributed by atoms with Crippen LogP contribution < -0.4 is 5.32 Å². The van der Waals surface area contributed by atoms with Gasteiger partial charge < -0.3 is 10.1 Å². The third-order valence-electron chi connectivity index (χ3n) is 3.76. The third kappa shape index (κ3) is 3.45. The fourth-order valence-electron chi connectivity index (χ4n) is 2.68. The predicted molar refractivity (Wildman–Crippen MR) is 80.9 cm³/mol. The number of para-hydroxylation sites is 2. The molecule has 4 heteroatoms. The molecule has 1 fully saturated rings. The van der Waals surface area contributed by atoms with Gasteiger partial charge in [-0.25, -0.2) is 4.98 Å². The fourth-order valence-corrected chi connectivity index (χ4v) is 2.68. The molecule has 0 spiro atoms. The van der Waals surface area contributed by atoms with E-state index in [9.17, 15) is 0 Å². The Morgan fingerprint density at radius 2 is 1.90 bits per heavy atom. The average Bonchev–Trinajstić information content (AvgIpc) is 2.52. The molecule has 0 amide bonds. The second-order valence-corrected chi connectivity index (χ2v) is 5.30. The molecule has 20 heavy (non-hydrogen) atoms. The Morgan fingerprint density at radius 1 is 1.10 bits per heavy atom. The standard InChI is InChI=1S/C16H21N3O/c1-2-6-13(7-3-1)20-11-10-17-16-12-18-14-8-4-5-9-15(14)19-16/h4-5,8-9,12-13H,1-3,6-7,10-11H2,(H,17,19). The number of benzene rings is 1. The Labute approximate surface area is 119 Å². The van der Waals surface area contributed by atoms with Gasteiger partial charge in [0.2, 0.25) is 0 Å². The average molecular weight is 271 g/mol. The number of aromatic nitrogens is 2. The first-order valence-electron chi connectivity index (χ1n) is 7.49. The van der Waals surface area contributed by atoms with Crippen molar-refractivity contribution in [1.82, 2.24) is 9.97 Å². The fraction of sp³-hybridized carbons (Fsp3) is 0.500. The Morgan fingerprint density at radius 3 is 2.75 bits per heavy atom. The Bertz CT molecular complexity index is 552. The number of hydrogen-bond donors (Lipinski definition) is 1. The number of fused-ring (bicyclic) bond motifs is 1. The topological polar surface area (TPSA) is 47.0 Å². The maximum atomic E-state index is 5.88. The van der Waals surface area contributed by atoms with E-state index in [0.29, 0.717) is 6.10 Å². The molecule has 1 heterocycles. The summed E-state index contributed by atoms with van der Waals surface area (Å²) in [7, 11) is 0. The summed E-state index contributed by atoms with van der Waals surface area (Å²) in [6.07, 6.45) is 8.68. The highest BCUT2D eigenvalue weighted by molar-refractivity contribution is 5.75. The zero-order chi connectivity index (χ0) is 13.6. The van der Waals surface area contributed by atoms with Crippen LogP contribution >= 0.6 is 0 Å². The number of anilines is 1. The van der Waals surface area contributed by atoms with Gasteiger partial charge in [0.05, 0.1) is 29.9 Å².